The Kier molecular flexibility index (Phi) is 3.62. The Morgan fingerprint density at radius 1 is 1.58 bits per heavy atom. The van der Waals surface area contributed by atoms with Gasteiger partial charge in [-0.15, -0.1) is 11.3 Å². The predicted octanol–water partition coefficient (Wildman–Crippen LogP) is 2.85. The van der Waals surface area contributed by atoms with Crippen LogP contribution in [0.5, 0.6) is 0 Å². The highest BCUT2D eigenvalue weighted by Gasteiger charge is 2.42. The normalized spacial score (nSPS) is 35.3. The van der Waals surface area contributed by atoms with E-state index in [1.165, 1.54) is 23.5 Å². The zero-order valence-electron chi connectivity index (χ0n) is 11.4. The van der Waals surface area contributed by atoms with Gasteiger partial charge in [0.25, 0.3) is 0 Å². The van der Waals surface area contributed by atoms with Gasteiger partial charge in [0.15, 0.2) is 0 Å². The van der Waals surface area contributed by atoms with Gasteiger partial charge in [0, 0.05) is 16.2 Å². The Morgan fingerprint density at radius 2 is 2.42 bits per heavy atom. The van der Waals surface area contributed by atoms with E-state index >= 15 is 0 Å². The zero-order chi connectivity index (χ0) is 13.5. The van der Waals surface area contributed by atoms with Crippen LogP contribution in [-0.2, 0) is 4.79 Å². The molecule has 1 N–H and O–H groups in total. The molecule has 3 unspecified atom stereocenters. The Balaban J connectivity index is 1.81. The number of thiophene rings is 1. The summed E-state index contributed by atoms with van der Waals surface area (Å²) in [6, 6.07) is 4.10. The maximum Gasteiger partial charge on any atom is 0.241 e. The van der Waals surface area contributed by atoms with E-state index in [0.717, 1.165) is 6.54 Å². The van der Waals surface area contributed by atoms with Crippen molar-refractivity contribution in [1.82, 2.24) is 10.2 Å². The summed E-state index contributed by atoms with van der Waals surface area (Å²) in [7, 11) is 0. The van der Waals surface area contributed by atoms with Gasteiger partial charge >= 0.3 is 0 Å². The van der Waals surface area contributed by atoms with Crippen molar-refractivity contribution < 1.29 is 4.79 Å². The Bertz CT molecular complexity index is 454. The average molecular weight is 296 g/mol. The van der Waals surface area contributed by atoms with Gasteiger partial charge in [-0.05, 0) is 43.9 Å². The Labute approximate surface area is 122 Å². The van der Waals surface area contributed by atoms with E-state index < -0.39 is 0 Å². The third-order valence-electron chi connectivity index (χ3n) is 3.99. The number of nitrogens with zero attached hydrogens (tertiary/aromatic N) is 1. The monoisotopic (exact) mass is 296 g/mol. The van der Waals surface area contributed by atoms with Crippen LogP contribution in [0.2, 0.25) is 0 Å². The van der Waals surface area contributed by atoms with Gasteiger partial charge in [-0.1, -0.05) is 6.07 Å². The molecule has 0 aliphatic carbocycles. The number of hydrogen-bond donors (Lipinski definition) is 1. The highest BCUT2D eigenvalue weighted by Crippen LogP contribution is 2.41. The lowest BCUT2D eigenvalue weighted by Gasteiger charge is -2.32. The summed E-state index contributed by atoms with van der Waals surface area (Å²) in [5.74, 6) is 1.47. The summed E-state index contributed by atoms with van der Waals surface area (Å²) in [5, 5.41) is 5.50. The first kappa shape index (κ1) is 13.5. The van der Waals surface area contributed by atoms with E-state index in [1.807, 2.05) is 18.7 Å². The van der Waals surface area contributed by atoms with Crippen LogP contribution in [0.1, 0.15) is 37.7 Å². The van der Waals surface area contributed by atoms with E-state index in [2.05, 4.69) is 34.7 Å². The maximum atomic E-state index is 12.4. The number of hydrogen-bond acceptors (Lipinski definition) is 4. The van der Waals surface area contributed by atoms with Crippen molar-refractivity contribution in [3.05, 3.63) is 22.4 Å². The molecule has 3 rings (SSSR count). The molecule has 0 bridgehead atoms. The fourth-order valence-corrected chi connectivity index (χ4v) is 5.04. The predicted molar refractivity (Wildman–Crippen MR) is 81.5 cm³/mol. The first-order chi connectivity index (χ1) is 9.09. The molecular weight excluding hydrogens is 276 g/mol. The molecule has 1 aromatic heterocycles. The van der Waals surface area contributed by atoms with Crippen LogP contribution in [0.3, 0.4) is 0 Å². The summed E-state index contributed by atoms with van der Waals surface area (Å²) in [6.07, 6.45) is 2.56. The van der Waals surface area contributed by atoms with Gasteiger partial charge in [-0.2, -0.15) is 11.8 Å². The van der Waals surface area contributed by atoms with Crippen molar-refractivity contribution in [3.8, 4) is 0 Å². The van der Waals surface area contributed by atoms with Gasteiger partial charge in [-0.25, -0.2) is 0 Å². The van der Waals surface area contributed by atoms with Crippen molar-refractivity contribution in [3.63, 3.8) is 0 Å². The van der Waals surface area contributed by atoms with Crippen molar-refractivity contribution in [2.24, 2.45) is 0 Å². The van der Waals surface area contributed by atoms with Crippen LogP contribution < -0.4 is 5.32 Å². The lowest BCUT2D eigenvalue weighted by Crippen LogP contribution is -2.40. The molecule has 5 heteroatoms. The molecule has 0 radical (unpaired) electrons. The highest BCUT2D eigenvalue weighted by atomic mass is 32.2. The van der Waals surface area contributed by atoms with Crippen molar-refractivity contribution in [1.29, 1.82) is 0 Å². The standard InChI is InChI=1S/C14H20N2OS2/c1-10-13(17)16(9-14(2)6-4-8-19-14)12(15-10)11-5-3-7-18-11/h3,5,7,10,12,15H,4,6,8-9H2,1-2H3. The van der Waals surface area contributed by atoms with Gasteiger partial charge in [0.05, 0.1) is 6.04 Å². The fraction of sp³-hybridized carbons (Fsp3) is 0.643. The average Bonchev–Trinajstić information content (AvgIpc) is 3.08. The lowest BCUT2D eigenvalue weighted by molar-refractivity contribution is -0.130. The number of carbonyl (C=O) groups is 1. The molecule has 104 valence electrons. The van der Waals surface area contributed by atoms with Crippen LogP contribution in [0, 0.1) is 0 Å². The van der Waals surface area contributed by atoms with Gasteiger partial charge in [-0.3, -0.25) is 10.1 Å². The van der Waals surface area contributed by atoms with Gasteiger partial charge < -0.3 is 4.90 Å². The molecule has 0 saturated carbocycles. The SMILES string of the molecule is CC1NC(c2cccs2)N(CC2(C)CCCS2)C1=O. The molecule has 2 fully saturated rings. The molecule has 3 heterocycles. The second-order valence-electron chi connectivity index (χ2n) is 5.67. The second kappa shape index (κ2) is 5.11. The number of nitrogens with one attached hydrogen (secondary N) is 1. The molecule has 2 saturated heterocycles. The number of thioether (sulfide) groups is 1. The van der Waals surface area contributed by atoms with Crippen molar-refractivity contribution in [2.45, 2.75) is 43.6 Å². The molecule has 0 spiro atoms. The third-order valence-corrected chi connectivity index (χ3v) is 6.44. The Morgan fingerprint density at radius 3 is 3.05 bits per heavy atom. The van der Waals surface area contributed by atoms with E-state index in [-0.39, 0.29) is 22.9 Å². The van der Waals surface area contributed by atoms with E-state index in [9.17, 15) is 4.79 Å². The number of carbonyl (C=O) groups excluding carboxylic acids is 1. The summed E-state index contributed by atoms with van der Waals surface area (Å²) in [4.78, 5) is 15.7. The molecule has 3 nitrogen and oxygen atoms in total. The smallest absolute Gasteiger partial charge is 0.241 e. The van der Waals surface area contributed by atoms with Crippen molar-refractivity contribution >= 4 is 29.0 Å². The van der Waals surface area contributed by atoms with Crippen LogP contribution in [0.4, 0.5) is 0 Å². The highest BCUT2D eigenvalue weighted by molar-refractivity contribution is 8.00. The number of amides is 1. The van der Waals surface area contributed by atoms with Crippen molar-refractivity contribution in [2.75, 3.05) is 12.3 Å². The van der Waals surface area contributed by atoms with E-state index in [4.69, 9.17) is 0 Å². The summed E-state index contributed by atoms with van der Waals surface area (Å²) in [5.41, 5.74) is 0. The first-order valence-corrected chi connectivity index (χ1v) is 8.69. The van der Waals surface area contributed by atoms with Crippen LogP contribution in [0.15, 0.2) is 17.5 Å². The minimum atomic E-state index is -0.0675. The molecular formula is C14H20N2OS2. The molecule has 1 amide bonds. The summed E-state index contributed by atoms with van der Waals surface area (Å²) in [6.45, 7) is 5.12. The summed E-state index contributed by atoms with van der Waals surface area (Å²) < 4.78 is 0.233. The maximum absolute atomic E-state index is 12.4. The van der Waals surface area contributed by atoms with E-state index in [0.29, 0.717) is 0 Å². The molecule has 1 aromatic rings. The molecule has 2 aliphatic rings. The molecule has 3 atom stereocenters. The Hall–Kier alpha value is -0.520. The molecule has 19 heavy (non-hydrogen) atoms. The van der Waals surface area contributed by atoms with Crippen LogP contribution >= 0.6 is 23.1 Å². The third kappa shape index (κ3) is 2.56. The van der Waals surface area contributed by atoms with Gasteiger partial charge in [0.2, 0.25) is 5.91 Å². The van der Waals surface area contributed by atoms with Crippen LogP contribution in [-0.4, -0.2) is 33.9 Å². The topological polar surface area (TPSA) is 32.3 Å². The van der Waals surface area contributed by atoms with Gasteiger partial charge in [0.1, 0.15) is 6.17 Å². The first-order valence-electron chi connectivity index (χ1n) is 6.83. The fourth-order valence-electron chi connectivity index (χ4n) is 2.95. The summed E-state index contributed by atoms with van der Waals surface area (Å²) >= 11 is 3.74. The zero-order valence-corrected chi connectivity index (χ0v) is 13.0. The van der Waals surface area contributed by atoms with E-state index in [1.54, 1.807) is 11.3 Å². The second-order valence-corrected chi connectivity index (χ2v) is 8.34. The molecule has 0 aromatic carbocycles. The quantitative estimate of drug-likeness (QED) is 0.931. The minimum Gasteiger partial charge on any atom is -0.319 e. The largest absolute Gasteiger partial charge is 0.319 e. The number of rotatable bonds is 3. The lowest BCUT2D eigenvalue weighted by atomic mass is 10.0. The van der Waals surface area contributed by atoms with Crippen LogP contribution in [0.25, 0.3) is 0 Å². The molecule has 2 aliphatic heterocycles. The minimum absolute atomic E-state index is 0.0675.